The largest absolute Gasteiger partial charge is 0.390 e. The van der Waals surface area contributed by atoms with Crippen molar-refractivity contribution in [3.8, 4) is 0 Å². The van der Waals surface area contributed by atoms with E-state index in [1.165, 1.54) is 38.5 Å². The third-order valence-corrected chi connectivity index (χ3v) is 9.24. The van der Waals surface area contributed by atoms with Crippen LogP contribution in [0.2, 0.25) is 0 Å². The molecule has 23 heavy (non-hydrogen) atoms. The normalized spacial score (nSPS) is 64.2. The van der Waals surface area contributed by atoms with E-state index >= 15 is 0 Å². The van der Waals surface area contributed by atoms with Crippen molar-refractivity contribution in [2.75, 3.05) is 6.61 Å². The summed E-state index contributed by atoms with van der Waals surface area (Å²) in [6.45, 7) is 5.21. The Labute approximate surface area is 139 Å². The second-order valence-electron chi connectivity index (χ2n) is 10.3. The molecule has 4 saturated carbocycles. The summed E-state index contributed by atoms with van der Waals surface area (Å²) in [7, 11) is 0. The fraction of sp³-hybridized carbons (Fsp3) is 1.00. The molecule has 1 heterocycles. The molecule has 4 aliphatic carbocycles. The molecule has 5 aliphatic rings. The van der Waals surface area contributed by atoms with Gasteiger partial charge in [0.05, 0.1) is 12.2 Å². The minimum atomic E-state index is -0.579. The number of hydrogen-bond donors (Lipinski definition) is 2. The first-order valence-electron chi connectivity index (χ1n) is 9.85. The Balaban J connectivity index is 1.62. The van der Waals surface area contributed by atoms with E-state index in [0.29, 0.717) is 17.8 Å². The number of aliphatic hydroxyl groups excluding tert-OH is 1. The predicted octanol–water partition coefficient (Wildman–Crippen LogP) is 3.48. The highest BCUT2D eigenvalue weighted by Crippen LogP contribution is 2.74. The Morgan fingerprint density at radius 3 is 2.65 bits per heavy atom. The zero-order chi connectivity index (χ0) is 16.1. The first-order valence-corrected chi connectivity index (χ1v) is 9.85. The van der Waals surface area contributed by atoms with Gasteiger partial charge in [-0.2, -0.15) is 0 Å². The van der Waals surface area contributed by atoms with E-state index in [0.717, 1.165) is 25.9 Å². The van der Waals surface area contributed by atoms with Crippen molar-refractivity contribution >= 4 is 0 Å². The van der Waals surface area contributed by atoms with Crippen LogP contribution in [0.5, 0.6) is 0 Å². The van der Waals surface area contributed by atoms with Crippen LogP contribution >= 0.6 is 0 Å². The van der Waals surface area contributed by atoms with Gasteiger partial charge in [-0.3, -0.25) is 0 Å². The molecule has 5 rings (SSSR count). The summed E-state index contributed by atoms with van der Waals surface area (Å²) in [4.78, 5) is 0. The standard InChI is InChI=1S/C20H32O3/c1-17-7-3-8-20(16(21)23-12-17)14(17)6-9-19-10-13(4-5-15(19)20)18(2,22)11-19/h13-16,21-22H,3-12H2,1-2H3/t13-,14-,15-,16?,17+,18-,19+,20+/m1/s1. The minimum Gasteiger partial charge on any atom is -0.390 e. The quantitative estimate of drug-likeness (QED) is 0.718. The Morgan fingerprint density at radius 2 is 1.83 bits per heavy atom. The first kappa shape index (κ1) is 15.2. The number of hydrogen-bond acceptors (Lipinski definition) is 3. The van der Waals surface area contributed by atoms with Gasteiger partial charge in [0.2, 0.25) is 0 Å². The van der Waals surface area contributed by atoms with Gasteiger partial charge in [-0.1, -0.05) is 13.3 Å². The Kier molecular flexibility index (Phi) is 2.86. The minimum absolute atomic E-state index is 0.0328. The Morgan fingerprint density at radius 1 is 1.00 bits per heavy atom. The zero-order valence-corrected chi connectivity index (χ0v) is 14.7. The van der Waals surface area contributed by atoms with Crippen LogP contribution in [0.4, 0.5) is 0 Å². The fourth-order valence-electron chi connectivity index (χ4n) is 8.52. The summed E-state index contributed by atoms with van der Waals surface area (Å²) in [6, 6.07) is 0. The van der Waals surface area contributed by atoms with Gasteiger partial charge >= 0.3 is 0 Å². The maximum Gasteiger partial charge on any atom is 0.160 e. The summed E-state index contributed by atoms with van der Waals surface area (Å²) in [6.07, 6.45) is 10.0. The van der Waals surface area contributed by atoms with Gasteiger partial charge in [-0.15, -0.1) is 0 Å². The van der Waals surface area contributed by atoms with Gasteiger partial charge in [-0.25, -0.2) is 0 Å². The summed E-state index contributed by atoms with van der Waals surface area (Å²) in [5.41, 5.74) is 0.00543. The maximum absolute atomic E-state index is 11.0. The molecule has 4 bridgehead atoms. The number of rotatable bonds is 0. The number of aliphatic hydroxyl groups is 2. The molecule has 1 spiro atoms. The molecule has 8 atom stereocenters. The average molecular weight is 320 g/mol. The molecule has 5 fully saturated rings. The van der Waals surface area contributed by atoms with Gasteiger partial charge < -0.3 is 14.9 Å². The predicted molar refractivity (Wildman–Crippen MR) is 87.6 cm³/mol. The van der Waals surface area contributed by atoms with E-state index in [1.54, 1.807) is 0 Å². The molecular weight excluding hydrogens is 288 g/mol. The lowest BCUT2D eigenvalue weighted by Crippen LogP contribution is -2.66. The van der Waals surface area contributed by atoms with E-state index in [9.17, 15) is 10.2 Å². The lowest BCUT2D eigenvalue weighted by atomic mass is 9.39. The first-order chi connectivity index (χ1) is 10.8. The second kappa shape index (κ2) is 4.34. The highest BCUT2D eigenvalue weighted by molar-refractivity contribution is 5.18. The molecule has 1 aliphatic heterocycles. The van der Waals surface area contributed by atoms with Crippen LogP contribution in [0.25, 0.3) is 0 Å². The Bertz CT molecular complexity index is 531. The molecule has 0 aromatic rings. The molecule has 0 aromatic carbocycles. The van der Waals surface area contributed by atoms with Crippen molar-refractivity contribution in [2.45, 2.75) is 83.5 Å². The molecule has 130 valence electrons. The molecule has 0 radical (unpaired) electrons. The highest BCUT2D eigenvalue weighted by atomic mass is 16.6. The third kappa shape index (κ3) is 1.67. The summed E-state index contributed by atoms with van der Waals surface area (Å²) >= 11 is 0. The van der Waals surface area contributed by atoms with Crippen molar-refractivity contribution in [1.82, 2.24) is 0 Å². The summed E-state index contributed by atoms with van der Waals surface area (Å²) in [5, 5.41) is 22.0. The van der Waals surface area contributed by atoms with E-state index < -0.39 is 11.9 Å². The lowest BCUT2D eigenvalue weighted by molar-refractivity contribution is -0.330. The van der Waals surface area contributed by atoms with Crippen LogP contribution in [0.15, 0.2) is 0 Å². The fourth-order valence-corrected chi connectivity index (χ4v) is 8.52. The topological polar surface area (TPSA) is 49.7 Å². The van der Waals surface area contributed by atoms with Crippen molar-refractivity contribution in [1.29, 1.82) is 0 Å². The van der Waals surface area contributed by atoms with Gasteiger partial charge in [0.1, 0.15) is 0 Å². The zero-order valence-electron chi connectivity index (χ0n) is 14.7. The second-order valence-corrected chi connectivity index (χ2v) is 10.3. The van der Waals surface area contributed by atoms with Crippen LogP contribution < -0.4 is 0 Å². The highest BCUT2D eigenvalue weighted by Gasteiger charge is 2.71. The van der Waals surface area contributed by atoms with Crippen LogP contribution in [-0.2, 0) is 4.74 Å². The van der Waals surface area contributed by atoms with Crippen molar-refractivity contribution in [3.63, 3.8) is 0 Å². The monoisotopic (exact) mass is 320 g/mol. The lowest BCUT2D eigenvalue weighted by Gasteiger charge is -2.68. The van der Waals surface area contributed by atoms with Crippen LogP contribution in [0.1, 0.15) is 71.6 Å². The summed E-state index contributed by atoms with van der Waals surface area (Å²) < 4.78 is 6.01. The molecule has 3 heteroatoms. The van der Waals surface area contributed by atoms with Crippen molar-refractivity contribution in [2.24, 2.45) is 34.0 Å². The van der Waals surface area contributed by atoms with E-state index in [2.05, 4.69) is 13.8 Å². The maximum atomic E-state index is 11.0. The summed E-state index contributed by atoms with van der Waals surface area (Å²) in [5.74, 6) is 1.64. The molecule has 3 nitrogen and oxygen atoms in total. The van der Waals surface area contributed by atoms with Crippen molar-refractivity contribution < 1.29 is 14.9 Å². The average Bonchev–Trinajstić information content (AvgIpc) is 2.68. The van der Waals surface area contributed by atoms with E-state index in [-0.39, 0.29) is 16.2 Å². The van der Waals surface area contributed by atoms with Crippen molar-refractivity contribution in [3.05, 3.63) is 0 Å². The third-order valence-electron chi connectivity index (χ3n) is 9.24. The van der Waals surface area contributed by atoms with Crippen LogP contribution in [0, 0.1) is 34.0 Å². The Hall–Kier alpha value is -0.120. The molecule has 2 N–H and O–H groups in total. The molecular formula is C20H32O3. The SMILES string of the molecule is C[C@]12CCC[C@]3(C(O)OC1)[C@@H]2CC[C@@]12C[C@@H](CC[C@H]13)[C@](C)(O)C2. The molecule has 1 unspecified atom stereocenters. The number of ether oxygens (including phenoxy) is 1. The molecule has 0 amide bonds. The van der Waals surface area contributed by atoms with E-state index in [1.807, 2.05) is 0 Å². The van der Waals surface area contributed by atoms with E-state index in [4.69, 9.17) is 4.74 Å². The van der Waals surface area contributed by atoms with Gasteiger partial charge in [-0.05, 0) is 86.9 Å². The number of fused-ring (bicyclic) bond motifs is 1. The van der Waals surface area contributed by atoms with Crippen LogP contribution in [0.3, 0.4) is 0 Å². The van der Waals surface area contributed by atoms with Gasteiger partial charge in [0, 0.05) is 5.41 Å². The molecule has 0 aromatic heterocycles. The van der Waals surface area contributed by atoms with Crippen LogP contribution in [-0.4, -0.2) is 28.7 Å². The molecule has 1 saturated heterocycles. The van der Waals surface area contributed by atoms with Gasteiger partial charge in [0.15, 0.2) is 6.29 Å². The van der Waals surface area contributed by atoms with Gasteiger partial charge in [0.25, 0.3) is 0 Å². The smallest absolute Gasteiger partial charge is 0.160 e.